The minimum absolute atomic E-state index is 0.0340. The highest BCUT2D eigenvalue weighted by molar-refractivity contribution is 6.11. The van der Waals surface area contributed by atoms with E-state index in [-0.39, 0.29) is 17.7 Å². The molecule has 0 aliphatic carbocycles. The zero-order chi connectivity index (χ0) is 21.3. The molecule has 2 amide bonds. The molecule has 1 aliphatic rings. The Hall–Kier alpha value is -3.40. The molecule has 3 aromatic rings. The number of para-hydroxylation sites is 2. The predicted molar refractivity (Wildman–Crippen MR) is 121 cm³/mol. The van der Waals surface area contributed by atoms with Crippen molar-refractivity contribution in [2.45, 2.75) is 27.3 Å². The molecule has 0 fully saturated rings. The molecule has 0 aromatic heterocycles. The lowest BCUT2D eigenvalue weighted by atomic mass is 10.0. The minimum atomic E-state index is -0.310. The molecule has 0 saturated carbocycles. The number of benzene rings is 3. The van der Waals surface area contributed by atoms with Gasteiger partial charge >= 0.3 is 0 Å². The average Bonchev–Trinajstić information content (AvgIpc) is 2.87. The van der Waals surface area contributed by atoms with Gasteiger partial charge in [-0.25, -0.2) is 0 Å². The van der Waals surface area contributed by atoms with Gasteiger partial charge in [0.25, 0.3) is 5.91 Å². The second kappa shape index (κ2) is 8.15. The van der Waals surface area contributed by atoms with Crippen LogP contribution >= 0.6 is 0 Å². The number of carbonyl (C=O) groups is 2. The number of hydrogen-bond donors (Lipinski definition) is 0. The van der Waals surface area contributed by atoms with Gasteiger partial charge in [0.15, 0.2) is 0 Å². The predicted octanol–water partition coefficient (Wildman–Crippen LogP) is 5.13. The summed E-state index contributed by atoms with van der Waals surface area (Å²) in [6.07, 6.45) is 0. The van der Waals surface area contributed by atoms with E-state index in [4.69, 9.17) is 0 Å². The summed E-state index contributed by atoms with van der Waals surface area (Å²) in [5, 5.41) is 0. The van der Waals surface area contributed by atoms with E-state index in [0.717, 1.165) is 22.5 Å². The number of hydrogen-bond acceptors (Lipinski definition) is 2. The molecule has 0 radical (unpaired) electrons. The maximum atomic E-state index is 13.4. The summed E-state index contributed by atoms with van der Waals surface area (Å²) in [7, 11) is 0. The Morgan fingerprint density at radius 3 is 2.33 bits per heavy atom. The molecule has 0 spiro atoms. The summed E-state index contributed by atoms with van der Waals surface area (Å²) < 4.78 is 0. The second-order valence-electron chi connectivity index (χ2n) is 8.03. The van der Waals surface area contributed by atoms with Crippen LogP contribution in [0.25, 0.3) is 0 Å². The molecule has 1 unspecified atom stereocenters. The van der Waals surface area contributed by atoms with Gasteiger partial charge < -0.3 is 9.80 Å². The minimum Gasteiger partial charge on any atom is -0.306 e. The van der Waals surface area contributed by atoms with Gasteiger partial charge in [0.2, 0.25) is 5.91 Å². The van der Waals surface area contributed by atoms with Crippen molar-refractivity contribution >= 4 is 23.2 Å². The molecule has 0 saturated heterocycles. The third kappa shape index (κ3) is 3.73. The number of anilines is 2. The summed E-state index contributed by atoms with van der Waals surface area (Å²) in [6.45, 7) is 6.87. The normalized spacial score (nSPS) is 16.2. The van der Waals surface area contributed by atoms with Crippen molar-refractivity contribution in [2.24, 2.45) is 5.92 Å². The van der Waals surface area contributed by atoms with Crippen LogP contribution < -0.4 is 9.80 Å². The lowest BCUT2D eigenvalue weighted by Gasteiger charge is -2.26. The van der Waals surface area contributed by atoms with E-state index in [9.17, 15) is 9.59 Å². The number of aryl methyl sites for hydroxylation is 2. The van der Waals surface area contributed by atoms with Gasteiger partial charge in [-0.1, -0.05) is 61.0 Å². The molecule has 0 N–H and O–H groups in total. The molecule has 30 heavy (non-hydrogen) atoms. The van der Waals surface area contributed by atoms with Gasteiger partial charge in [-0.3, -0.25) is 9.59 Å². The van der Waals surface area contributed by atoms with Crippen molar-refractivity contribution in [1.82, 2.24) is 0 Å². The van der Waals surface area contributed by atoms with E-state index in [1.807, 2.05) is 66.4 Å². The zero-order valence-electron chi connectivity index (χ0n) is 17.6. The number of amides is 2. The Morgan fingerprint density at radius 1 is 0.933 bits per heavy atom. The Bertz CT molecular complexity index is 1090. The summed E-state index contributed by atoms with van der Waals surface area (Å²) >= 11 is 0. The average molecular weight is 399 g/mol. The summed E-state index contributed by atoms with van der Waals surface area (Å²) in [5.74, 6) is -0.363. The monoisotopic (exact) mass is 398 g/mol. The van der Waals surface area contributed by atoms with Gasteiger partial charge in [-0.05, 0) is 49.2 Å². The first-order valence-corrected chi connectivity index (χ1v) is 10.3. The molecule has 4 heteroatoms. The topological polar surface area (TPSA) is 40.6 Å². The highest BCUT2D eigenvalue weighted by atomic mass is 16.2. The van der Waals surface area contributed by atoms with E-state index in [1.165, 1.54) is 5.56 Å². The van der Waals surface area contributed by atoms with Crippen LogP contribution in [0.2, 0.25) is 0 Å². The van der Waals surface area contributed by atoms with Crippen LogP contribution in [-0.2, 0) is 11.3 Å². The quantitative estimate of drug-likeness (QED) is 0.613. The van der Waals surface area contributed by atoms with Gasteiger partial charge in [0, 0.05) is 12.1 Å². The summed E-state index contributed by atoms with van der Waals surface area (Å²) in [6, 6.07) is 23.2. The first kappa shape index (κ1) is 19.9. The number of fused-ring (bicyclic) bond motifs is 1. The molecular weight excluding hydrogens is 372 g/mol. The fourth-order valence-electron chi connectivity index (χ4n) is 3.99. The molecule has 3 aromatic carbocycles. The van der Waals surface area contributed by atoms with Crippen LogP contribution in [0.1, 0.15) is 34.0 Å². The maximum absolute atomic E-state index is 13.4. The molecule has 0 bridgehead atoms. The standard InChI is InChI=1S/C26H26N2O2/c1-18-13-14-19(2)22(15-18)17-28-24-12-8-7-11-23(24)27(16-20(3)25(28)29)26(30)21-9-5-4-6-10-21/h4-15,20H,16-17H2,1-3H3. The molecule has 4 nitrogen and oxygen atoms in total. The fraction of sp³-hybridized carbons (Fsp3) is 0.231. The number of carbonyl (C=O) groups excluding carboxylic acids is 2. The largest absolute Gasteiger partial charge is 0.306 e. The van der Waals surface area contributed by atoms with Crippen LogP contribution in [0.4, 0.5) is 11.4 Å². The molecule has 4 rings (SSSR count). The smallest absolute Gasteiger partial charge is 0.258 e. The van der Waals surface area contributed by atoms with Gasteiger partial charge in [0.05, 0.1) is 23.8 Å². The summed E-state index contributed by atoms with van der Waals surface area (Å²) in [4.78, 5) is 30.3. The van der Waals surface area contributed by atoms with Crippen LogP contribution in [-0.4, -0.2) is 18.4 Å². The Kier molecular flexibility index (Phi) is 5.40. The van der Waals surface area contributed by atoms with Crippen molar-refractivity contribution in [3.05, 3.63) is 95.1 Å². The first-order valence-electron chi connectivity index (χ1n) is 10.3. The van der Waals surface area contributed by atoms with E-state index in [1.54, 1.807) is 4.90 Å². The Balaban J connectivity index is 1.79. The Morgan fingerprint density at radius 2 is 1.60 bits per heavy atom. The number of rotatable bonds is 3. The van der Waals surface area contributed by atoms with Crippen LogP contribution in [0, 0.1) is 19.8 Å². The van der Waals surface area contributed by atoms with Crippen molar-refractivity contribution in [1.29, 1.82) is 0 Å². The SMILES string of the molecule is Cc1ccc(C)c(CN2C(=O)C(C)CN(C(=O)c3ccccc3)c3ccccc32)c1. The van der Waals surface area contributed by atoms with E-state index >= 15 is 0 Å². The third-order valence-corrected chi connectivity index (χ3v) is 5.71. The van der Waals surface area contributed by atoms with Crippen molar-refractivity contribution in [3.8, 4) is 0 Å². The molecule has 1 atom stereocenters. The maximum Gasteiger partial charge on any atom is 0.258 e. The summed E-state index contributed by atoms with van der Waals surface area (Å²) in [5.41, 5.74) is 5.61. The molecule has 1 heterocycles. The van der Waals surface area contributed by atoms with Gasteiger partial charge in [-0.15, -0.1) is 0 Å². The lowest BCUT2D eigenvalue weighted by Crippen LogP contribution is -2.38. The van der Waals surface area contributed by atoms with Gasteiger partial charge in [0.1, 0.15) is 0 Å². The first-order chi connectivity index (χ1) is 14.5. The van der Waals surface area contributed by atoms with Crippen molar-refractivity contribution < 1.29 is 9.59 Å². The molecular formula is C26H26N2O2. The van der Waals surface area contributed by atoms with E-state index < -0.39 is 0 Å². The zero-order valence-corrected chi connectivity index (χ0v) is 17.6. The molecule has 1 aliphatic heterocycles. The van der Waals surface area contributed by atoms with E-state index in [2.05, 4.69) is 32.0 Å². The fourth-order valence-corrected chi connectivity index (χ4v) is 3.99. The van der Waals surface area contributed by atoms with Crippen molar-refractivity contribution in [3.63, 3.8) is 0 Å². The van der Waals surface area contributed by atoms with Gasteiger partial charge in [-0.2, -0.15) is 0 Å². The third-order valence-electron chi connectivity index (χ3n) is 5.71. The van der Waals surface area contributed by atoms with Crippen LogP contribution in [0.5, 0.6) is 0 Å². The Labute approximate surface area is 177 Å². The molecule has 152 valence electrons. The highest BCUT2D eigenvalue weighted by Gasteiger charge is 2.34. The van der Waals surface area contributed by atoms with Crippen LogP contribution in [0.3, 0.4) is 0 Å². The number of nitrogens with zero attached hydrogens (tertiary/aromatic N) is 2. The second-order valence-corrected chi connectivity index (χ2v) is 8.03. The van der Waals surface area contributed by atoms with E-state index in [0.29, 0.717) is 18.7 Å². The van der Waals surface area contributed by atoms with Crippen molar-refractivity contribution in [2.75, 3.05) is 16.3 Å². The van der Waals surface area contributed by atoms with Crippen LogP contribution in [0.15, 0.2) is 72.8 Å². The highest BCUT2D eigenvalue weighted by Crippen LogP contribution is 2.36. The lowest BCUT2D eigenvalue weighted by molar-refractivity contribution is -0.121.